The molecule has 1 amide bonds. The van der Waals surface area contributed by atoms with Gasteiger partial charge in [0.15, 0.2) is 0 Å². The van der Waals surface area contributed by atoms with Crippen molar-refractivity contribution in [1.29, 1.82) is 0 Å². The third-order valence-electron chi connectivity index (χ3n) is 3.39. The highest BCUT2D eigenvalue weighted by Gasteiger charge is 2.19. The highest BCUT2D eigenvalue weighted by molar-refractivity contribution is 5.93. The maximum absolute atomic E-state index is 12.6. The number of hydrogen-bond acceptors (Lipinski definition) is 3. The molecule has 0 spiro atoms. The van der Waals surface area contributed by atoms with E-state index in [0.29, 0.717) is 23.5 Å². The van der Waals surface area contributed by atoms with Gasteiger partial charge in [0, 0.05) is 31.4 Å². The van der Waals surface area contributed by atoms with Crippen LogP contribution in [0.2, 0.25) is 0 Å². The Morgan fingerprint density at radius 2 is 2.05 bits per heavy atom. The monoisotopic (exact) mass is 287 g/mol. The van der Waals surface area contributed by atoms with Crippen LogP contribution in [-0.4, -0.2) is 27.5 Å². The maximum atomic E-state index is 12.6. The summed E-state index contributed by atoms with van der Waals surface area (Å²) in [5.41, 5.74) is 7.64. The molecular weight excluding hydrogens is 266 g/mol. The second-order valence-electron chi connectivity index (χ2n) is 5.45. The number of anilines is 1. The molecular formula is C16H21N3O2. The first-order valence-corrected chi connectivity index (χ1v) is 6.90. The second-order valence-corrected chi connectivity index (χ2v) is 5.45. The summed E-state index contributed by atoms with van der Waals surface area (Å²) in [4.78, 5) is 14.1. The Morgan fingerprint density at radius 1 is 1.38 bits per heavy atom. The van der Waals surface area contributed by atoms with Crippen LogP contribution in [0.25, 0.3) is 0 Å². The number of phenols is 1. The number of carbonyl (C=O) groups excluding carboxylic acids is 1. The zero-order valence-corrected chi connectivity index (χ0v) is 12.6. The average molecular weight is 287 g/mol. The van der Waals surface area contributed by atoms with Gasteiger partial charge in [-0.15, -0.1) is 0 Å². The molecule has 1 heterocycles. The minimum Gasteiger partial charge on any atom is -0.508 e. The Balaban J connectivity index is 2.22. The lowest BCUT2D eigenvalue weighted by atomic mass is 10.2. The van der Waals surface area contributed by atoms with E-state index in [1.54, 1.807) is 42.4 Å². The summed E-state index contributed by atoms with van der Waals surface area (Å²) in [6, 6.07) is 8.84. The topological polar surface area (TPSA) is 71.5 Å². The van der Waals surface area contributed by atoms with Crippen LogP contribution in [0.1, 0.15) is 35.9 Å². The first-order valence-electron chi connectivity index (χ1n) is 6.90. The van der Waals surface area contributed by atoms with Crippen molar-refractivity contribution in [3.63, 3.8) is 0 Å². The molecule has 2 rings (SSSR count). The fraction of sp³-hybridized carbons (Fsp3) is 0.312. The smallest absolute Gasteiger partial charge is 0.270 e. The van der Waals surface area contributed by atoms with Crippen molar-refractivity contribution in [2.24, 2.45) is 0 Å². The number of hydrogen-bond donors (Lipinski definition) is 2. The highest BCUT2D eigenvalue weighted by atomic mass is 16.3. The van der Waals surface area contributed by atoms with Crippen LogP contribution in [0.4, 0.5) is 5.69 Å². The van der Waals surface area contributed by atoms with Crippen molar-refractivity contribution in [2.45, 2.75) is 26.4 Å². The van der Waals surface area contributed by atoms with Gasteiger partial charge in [0.05, 0.1) is 5.69 Å². The van der Waals surface area contributed by atoms with Gasteiger partial charge in [-0.3, -0.25) is 4.79 Å². The van der Waals surface area contributed by atoms with Crippen LogP contribution in [0, 0.1) is 0 Å². The number of nitrogens with two attached hydrogens (primary N) is 1. The predicted octanol–water partition coefficient (Wildman–Crippen LogP) is 2.63. The Kier molecular flexibility index (Phi) is 4.21. The summed E-state index contributed by atoms with van der Waals surface area (Å²) in [5.74, 6) is 0.0690. The van der Waals surface area contributed by atoms with Gasteiger partial charge in [-0.25, -0.2) is 0 Å². The van der Waals surface area contributed by atoms with Crippen molar-refractivity contribution in [2.75, 3.05) is 12.8 Å². The molecule has 2 aromatic rings. The number of rotatable bonds is 4. The van der Waals surface area contributed by atoms with Gasteiger partial charge in [0.25, 0.3) is 5.91 Å². The summed E-state index contributed by atoms with van der Waals surface area (Å²) in [5, 5.41) is 9.80. The summed E-state index contributed by atoms with van der Waals surface area (Å²) < 4.78 is 1.86. The number of carbonyl (C=O) groups is 1. The van der Waals surface area contributed by atoms with Crippen LogP contribution in [-0.2, 0) is 6.54 Å². The van der Waals surface area contributed by atoms with Gasteiger partial charge in [-0.2, -0.15) is 0 Å². The van der Waals surface area contributed by atoms with Gasteiger partial charge in [-0.1, -0.05) is 18.2 Å². The van der Waals surface area contributed by atoms with E-state index in [4.69, 9.17) is 5.73 Å². The molecule has 1 aromatic heterocycles. The quantitative estimate of drug-likeness (QED) is 0.908. The van der Waals surface area contributed by atoms with Gasteiger partial charge < -0.3 is 20.3 Å². The predicted molar refractivity (Wildman–Crippen MR) is 83.1 cm³/mol. The molecule has 1 aromatic carbocycles. The molecule has 0 saturated heterocycles. The van der Waals surface area contributed by atoms with E-state index < -0.39 is 0 Å². The van der Waals surface area contributed by atoms with Crippen LogP contribution in [0.15, 0.2) is 36.5 Å². The zero-order chi connectivity index (χ0) is 15.6. The molecule has 0 aliphatic heterocycles. The van der Waals surface area contributed by atoms with Crippen LogP contribution in [0.5, 0.6) is 5.75 Å². The number of nitrogen functional groups attached to an aromatic ring is 1. The molecule has 112 valence electrons. The average Bonchev–Trinajstić information content (AvgIpc) is 2.82. The molecule has 0 aliphatic carbocycles. The van der Waals surface area contributed by atoms with E-state index >= 15 is 0 Å². The fourth-order valence-corrected chi connectivity index (χ4v) is 2.27. The first-order chi connectivity index (χ1) is 9.90. The molecule has 5 heteroatoms. The molecule has 0 fully saturated rings. The number of phenolic OH excluding ortho intramolecular Hbond substituents is 1. The molecule has 0 saturated carbocycles. The third kappa shape index (κ3) is 3.18. The lowest BCUT2D eigenvalue weighted by Crippen LogP contribution is -2.28. The van der Waals surface area contributed by atoms with Crippen LogP contribution >= 0.6 is 0 Å². The molecule has 0 radical (unpaired) electrons. The van der Waals surface area contributed by atoms with E-state index in [1.807, 2.05) is 24.5 Å². The normalized spacial score (nSPS) is 10.9. The molecule has 0 atom stereocenters. The Labute approximate surface area is 124 Å². The number of amides is 1. The minimum atomic E-state index is -0.122. The summed E-state index contributed by atoms with van der Waals surface area (Å²) in [6.07, 6.45) is 1.77. The van der Waals surface area contributed by atoms with Gasteiger partial charge in [0.1, 0.15) is 11.4 Å². The number of nitrogens with zero attached hydrogens (tertiary/aromatic N) is 2. The number of para-hydroxylation sites is 1. The maximum Gasteiger partial charge on any atom is 0.270 e. The van der Waals surface area contributed by atoms with Gasteiger partial charge >= 0.3 is 0 Å². The summed E-state index contributed by atoms with van der Waals surface area (Å²) >= 11 is 0. The standard InChI is InChI=1S/C16H21N3O2/c1-11(2)19-10-13(17)8-14(19)16(21)18(3)9-12-6-4-5-7-15(12)20/h4-8,10-11,20H,9,17H2,1-3H3. The largest absolute Gasteiger partial charge is 0.508 e. The van der Waals surface area contributed by atoms with E-state index in [9.17, 15) is 9.90 Å². The van der Waals surface area contributed by atoms with Gasteiger partial charge in [-0.05, 0) is 26.0 Å². The van der Waals surface area contributed by atoms with E-state index in [1.165, 1.54) is 0 Å². The summed E-state index contributed by atoms with van der Waals surface area (Å²) in [7, 11) is 1.71. The third-order valence-corrected chi connectivity index (χ3v) is 3.39. The number of aromatic nitrogens is 1. The number of benzene rings is 1. The lowest BCUT2D eigenvalue weighted by Gasteiger charge is -2.20. The van der Waals surface area contributed by atoms with E-state index in [-0.39, 0.29) is 17.7 Å². The summed E-state index contributed by atoms with van der Waals surface area (Å²) in [6.45, 7) is 4.34. The van der Waals surface area contributed by atoms with Crippen molar-refractivity contribution in [3.8, 4) is 5.75 Å². The lowest BCUT2D eigenvalue weighted by molar-refractivity contribution is 0.0772. The van der Waals surface area contributed by atoms with E-state index in [0.717, 1.165) is 0 Å². The molecule has 3 N–H and O–H groups in total. The van der Waals surface area contributed by atoms with Gasteiger partial charge in [0.2, 0.25) is 0 Å². The molecule has 0 aliphatic rings. The first kappa shape index (κ1) is 15.0. The van der Waals surface area contributed by atoms with E-state index in [2.05, 4.69) is 0 Å². The Bertz CT molecular complexity index is 647. The SMILES string of the molecule is CC(C)n1cc(N)cc1C(=O)N(C)Cc1ccccc1O. The highest BCUT2D eigenvalue weighted by Crippen LogP contribution is 2.21. The number of aromatic hydroxyl groups is 1. The van der Waals surface area contributed by atoms with Crippen LogP contribution < -0.4 is 5.73 Å². The minimum absolute atomic E-state index is 0.122. The second kappa shape index (κ2) is 5.91. The Hall–Kier alpha value is -2.43. The Morgan fingerprint density at radius 3 is 2.67 bits per heavy atom. The molecule has 5 nitrogen and oxygen atoms in total. The van der Waals surface area contributed by atoms with Crippen molar-refractivity contribution in [1.82, 2.24) is 9.47 Å². The van der Waals surface area contributed by atoms with Crippen LogP contribution in [0.3, 0.4) is 0 Å². The fourth-order valence-electron chi connectivity index (χ4n) is 2.27. The van der Waals surface area contributed by atoms with Crippen molar-refractivity contribution < 1.29 is 9.90 Å². The zero-order valence-electron chi connectivity index (χ0n) is 12.6. The molecule has 0 bridgehead atoms. The molecule has 21 heavy (non-hydrogen) atoms. The van der Waals surface area contributed by atoms with Crippen molar-refractivity contribution in [3.05, 3.63) is 47.8 Å². The van der Waals surface area contributed by atoms with Crippen molar-refractivity contribution >= 4 is 11.6 Å². The molecule has 0 unspecified atom stereocenters.